The van der Waals surface area contributed by atoms with E-state index in [1.165, 1.54) is 0 Å². The van der Waals surface area contributed by atoms with E-state index >= 15 is 0 Å². The van der Waals surface area contributed by atoms with Crippen molar-refractivity contribution < 1.29 is 4.79 Å². The maximum Gasteiger partial charge on any atom is 0.254 e. The number of hydrogen-bond donors (Lipinski definition) is 2. The molecular formula is C19H23N3O. The van der Waals surface area contributed by atoms with Gasteiger partial charge in [0.15, 0.2) is 0 Å². The Hall–Kier alpha value is -2.33. The molecule has 4 nitrogen and oxygen atoms in total. The fraction of sp³-hybridized carbons (Fsp3) is 0.316. The van der Waals surface area contributed by atoms with Gasteiger partial charge in [-0.25, -0.2) is 0 Å². The number of carbonyl (C=O) groups excluding carboxylic acids is 1. The Morgan fingerprint density at radius 3 is 2.35 bits per heavy atom. The van der Waals surface area contributed by atoms with Gasteiger partial charge in [0.05, 0.1) is 0 Å². The minimum absolute atomic E-state index is 0.0840. The quantitative estimate of drug-likeness (QED) is 0.854. The SMILES string of the molecule is Nc1ccc(C(=O)N(Cc2ccccc2)C2CCNCC2)cc1. The average Bonchev–Trinajstić information content (AvgIpc) is 2.61. The van der Waals surface area contributed by atoms with Gasteiger partial charge in [0.25, 0.3) is 5.91 Å². The van der Waals surface area contributed by atoms with Crippen molar-refractivity contribution in [3.05, 3.63) is 65.7 Å². The molecule has 3 rings (SSSR count). The van der Waals surface area contributed by atoms with E-state index in [1.54, 1.807) is 12.1 Å². The molecule has 1 aliphatic heterocycles. The van der Waals surface area contributed by atoms with E-state index in [0.717, 1.165) is 31.5 Å². The van der Waals surface area contributed by atoms with Crippen molar-refractivity contribution in [2.24, 2.45) is 0 Å². The summed E-state index contributed by atoms with van der Waals surface area (Å²) >= 11 is 0. The Kier molecular flexibility index (Phi) is 4.93. The van der Waals surface area contributed by atoms with Crippen LogP contribution in [0.5, 0.6) is 0 Å². The molecule has 120 valence electrons. The van der Waals surface area contributed by atoms with E-state index in [1.807, 2.05) is 35.2 Å². The molecule has 4 heteroatoms. The first-order chi connectivity index (χ1) is 11.2. The van der Waals surface area contributed by atoms with Crippen LogP contribution >= 0.6 is 0 Å². The molecule has 0 bridgehead atoms. The van der Waals surface area contributed by atoms with Crippen LogP contribution in [0.2, 0.25) is 0 Å². The lowest BCUT2D eigenvalue weighted by Crippen LogP contribution is -2.45. The Morgan fingerprint density at radius 1 is 1.04 bits per heavy atom. The molecule has 1 saturated heterocycles. The second-order valence-corrected chi connectivity index (χ2v) is 6.02. The predicted octanol–water partition coefficient (Wildman–Crippen LogP) is 2.66. The van der Waals surface area contributed by atoms with Crippen LogP contribution in [0.25, 0.3) is 0 Å². The number of nitrogens with two attached hydrogens (primary N) is 1. The summed E-state index contributed by atoms with van der Waals surface area (Å²) < 4.78 is 0. The van der Waals surface area contributed by atoms with Gasteiger partial charge >= 0.3 is 0 Å². The van der Waals surface area contributed by atoms with E-state index in [4.69, 9.17) is 5.73 Å². The van der Waals surface area contributed by atoms with Crippen molar-refractivity contribution in [1.29, 1.82) is 0 Å². The molecule has 0 aliphatic carbocycles. The van der Waals surface area contributed by atoms with Gasteiger partial charge in [0.2, 0.25) is 0 Å². The number of nitrogens with zero attached hydrogens (tertiary/aromatic N) is 1. The third-order valence-corrected chi connectivity index (χ3v) is 4.36. The van der Waals surface area contributed by atoms with E-state index in [0.29, 0.717) is 17.8 Å². The van der Waals surface area contributed by atoms with Crippen molar-refractivity contribution in [3.63, 3.8) is 0 Å². The molecule has 3 N–H and O–H groups in total. The highest BCUT2D eigenvalue weighted by Gasteiger charge is 2.26. The Labute approximate surface area is 137 Å². The highest BCUT2D eigenvalue weighted by atomic mass is 16.2. The van der Waals surface area contributed by atoms with Gasteiger partial charge < -0.3 is 16.0 Å². The number of benzene rings is 2. The van der Waals surface area contributed by atoms with Crippen molar-refractivity contribution >= 4 is 11.6 Å². The summed E-state index contributed by atoms with van der Waals surface area (Å²) in [6, 6.07) is 17.7. The van der Waals surface area contributed by atoms with Crippen LogP contribution < -0.4 is 11.1 Å². The van der Waals surface area contributed by atoms with Crippen molar-refractivity contribution in [2.45, 2.75) is 25.4 Å². The minimum atomic E-state index is 0.0840. The van der Waals surface area contributed by atoms with Crippen LogP contribution in [0.15, 0.2) is 54.6 Å². The second kappa shape index (κ2) is 7.29. The van der Waals surface area contributed by atoms with E-state index in [9.17, 15) is 4.79 Å². The van der Waals surface area contributed by atoms with E-state index < -0.39 is 0 Å². The zero-order chi connectivity index (χ0) is 16.1. The Bertz CT molecular complexity index is 633. The Morgan fingerprint density at radius 2 is 1.70 bits per heavy atom. The first-order valence-corrected chi connectivity index (χ1v) is 8.15. The maximum absolute atomic E-state index is 13.0. The molecule has 0 atom stereocenters. The number of amides is 1. The number of hydrogen-bond acceptors (Lipinski definition) is 3. The lowest BCUT2D eigenvalue weighted by molar-refractivity contribution is 0.0623. The molecule has 1 amide bonds. The lowest BCUT2D eigenvalue weighted by Gasteiger charge is -2.35. The topological polar surface area (TPSA) is 58.4 Å². The van der Waals surface area contributed by atoms with E-state index in [-0.39, 0.29) is 11.9 Å². The van der Waals surface area contributed by atoms with Gasteiger partial charge in [-0.15, -0.1) is 0 Å². The molecule has 23 heavy (non-hydrogen) atoms. The molecule has 2 aromatic rings. The average molecular weight is 309 g/mol. The third-order valence-electron chi connectivity index (χ3n) is 4.36. The number of nitrogens with one attached hydrogen (secondary N) is 1. The van der Waals surface area contributed by atoms with Gasteiger partial charge in [-0.1, -0.05) is 30.3 Å². The first kappa shape index (κ1) is 15.6. The molecule has 0 aromatic heterocycles. The van der Waals surface area contributed by atoms with Crippen LogP contribution in [-0.4, -0.2) is 29.9 Å². The zero-order valence-electron chi connectivity index (χ0n) is 13.2. The molecular weight excluding hydrogens is 286 g/mol. The van der Waals surface area contributed by atoms with Gasteiger partial charge in [0, 0.05) is 23.8 Å². The summed E-state index contributed by atoms with van der Waals surface area (Å²) in [5.74, 6) is 0.0840. The number of nitrogen functional groups attached to an aromatic ring is 1. The number of rotatable bonds is 4. The minimum Gasteiger partial charge on any atom is -0.399 e. The van der Waals surface area contributed by atoms with Crippen LogP contribution in [0.1, 0.15) is 28.8 Å². The highest BCUT2D eigenvalue weighted by Crippen LogP contribution is 2.19. The molecule has 1 heterocycles. The molecule has 0 saturated carbocycles. The van der Waals surface area contributed by atoms with Crippen LogP contribution in [0, 0.1) is 0 Å². The fourth-order valence-electron chi connectivity index (χ4n) is 3.06. The standard InChI is InChI=1S/C19H23N3O/c20-17-8-6-16(7-9-17)19(23)22(18-10-12-21-13-11-18)14-15-4-2-1-3-5-15/h1-9,18,21H,10-14,20H2. The van der Waals surface area contributed by atoms with Crippen LogP contribution in [0.3, 0.4) is 0 Å². The molecule has 1 fully saturated rings. The molecule has 2 aromatic carbocycles. The fourth-order valence-corrected chi connectivity index (χ4v) is 3.06. The molecule has 0 unspecified atom stereocenters. The monoisotopic (exact) mass is 309 g/mol. The van der Waals surface area contributed by atoms with Crippen LogP contribution in [-0.2, 0) is 6.54 Å². The number of piperidine rings is 1. The summed E-state index contributed by atoms with van der Waals surface area (Å²) in [4.78, 5) is 15.0. The largest absolute Gasteiger partial charge is 0.399 e. The Balaban J connectivity index is 1.84. The summed E-state index contributed by atoms with van der Waals surface area (Å²) in [6.07, 6.45) is 1.99. The number of anilines is 1. The summed E-state index contributed by atoms with van der Waals surface area (Å²) in [5.41, 5.74) is 8.28. The number of carbonyl (C=O) groups is 1. The highest BCUT2D eigenvalue weighted by molar-refractivity contribution is 5.94. The predicted molar refractivity (Wildman–Crippen MR) is 93.1 cm³/mol. The smallest absolute Gasteiger partial charge is 0.254 e. The molecule has 0 radical (unpaired) electrons. The summed E-state index contributed by atoms with van der Waals surface area (Å²) in [6.45, 7) is 2.57. The summed E-state index contributed by atoms with van der Waals surface area (Å²) in [7, 11) is 0. The zero-order valence-corrected chi connectivity index (χ0v) is 13.2. The van der Waals surface area contributed by atoms with Crippen molar-refractivity contribution in [1.82, 2.24) is 10.2 Å². The van der Waals surface area contributed by atoms with Crippen LogP contribution in [0.4, 0.5) is 5.69 Å². The molecule has 1 aliphatic rings. The van der Waals surface area contributed by atoms with E-state index in [2.05, 4.69) is 17.4 Å². The van der Waals surface area contributed by atoms with Gasteiger partial charge in [-0.3, -0.25) is 4.79 Å². The van der Waals surface area contributed by atoms with Crippen molar-refractivity contribution in [2.75, 3.05) is 18.8 Å². The lowest BCUT2D eigenvalue weighted by atomic mass is 10.0. The van der Waals surface area contributed by atoms with Gasteiger partial charge in [-0.2, -0.15) is 0 Å². The van der Waals surface area contributed by atoms with Crippen molar-refractivity contribution in [3.8, 4) is 0 Å². The second-order valence-electron chi connectivity index (χ2n) is 6.02. The van der Waals surface area contributed by atoms with Gasteiger partial charge in [-0.05, 0) is 55.8 Å². The third kappa shape index (κ3) is 3.90. The molecule has 0 spiro atoms. The summed E-state index contributed by atoms with van der Waals surface area (Å²) in [5, 5.41) is 3.37. The maximum atomic E-state index is 13.0. The normalized spacial score (nSPS) is 15.3. The van der Waals surface area contributed by atoms with Gasteiger partial charge in [0.1, 0.15) is 0 Å². The first-order valence-electron chi connectivity index (χ1n) is 8.15.